The molecule has 0 aliphatic carbocycles. The van der Waals surface area contributed by atoms with Crippen LogP contribution in [0.4, 0.5) is 0 Å². The predicted octanol–water partition coefficient (Wildman–Crippen LogP) is 4.36. The van der Waals surface area contributed by atoms with E-state index in [2.05, 4.69) is 52.5 Å². The van der Waals surface area contributed by atoms with Gasteiger partial charge in [0.2, 0.25) is 0 Å². The summed E-state index contributed by atoms with van der Waals surface area (Å²) in [4.78, 5) is 0. The summed E-state index contributed by atoms with van der Waals surface area (Å²) in [7, 11) is 0. The zero-order chi connectivity index (χ0) is 10.4. The van der Waals surface area contributed by atoms with Gasteiger partial charge in [-0.25, -0.2) is 0 Å². The summed E-state index contributed by atoms with van der Waals surface area (Å²) in [5, 5.41) is 0. The van der Waals surface area contributed by atoms with E-state index in [1.54, 1.807) is 0 Å². The molecule has 0 radical (unpaired) electrons. The second-order valence-corrected chi connectivity index (χ2v) is 4.25. The molecule has 0 fully saturated rings. The van der Waals surface area contributed by atoms with Gasteiger partial charge in [-0.3, -0.25) is 0 Å². The van der Waals surface area contributed by atoms with E-state index in [9.17, 15) is 0 Å². The van der Waals surface area contributed by atoms with Crippen molar-refractivity contribution in [1.82, 2.24) is 0 Å². The summed E-state index contributed by atoms with van der Waals surface area (Å²) in [6.07, 6.45) is 6.60. The van der Waals surface area contributed by atoms with E-state index >= 15 is 0 Å². The molecule has 0 aliphatic heterocycles. The average Bonchev–Trinajstić information content (AvgIpc) is 1.96. The molecule has 0 atom stereocenters. The Balaban J connectivity index is 4.54. The van der Waals surface area contributed by atoms with Gasteiger partial charge >= 0.3 is 0 Å². The molecule has 0 nitrogen and oxygen atoms in total. The van der Waals surface area contributed by atoms with E-state index < -0.39 is 0 Å². The van der Waals surface area contributed by atoms with Crippen molar-refractivity contribution in [3.05, 3.63) is 36.0 Å². The van der Waals surface area contributed by atoms with Crippen LogP contribution < -0.4 is 0 Å². The Hall–Kier alpha value is -0.780. The van der Waals surface area contributed by atoms with Crippen molar-refractivity contribution in [2.45, 2.75) is 34.6 Å². The molecule has 0 heterocycles. The number of rotatable bonds is 4. The maximum atomic E-state index is 3.89. The molecule has 0 aromatic heterocycles. The molecule has 0 rings (SSSR count). The smallest absolute Gasteiger partial charge is 0.0219 e. The Morgan fingerprint density at radius 2 is 1.69 bits per heavy atom. The summed E-state index contributed by atoms with van der Waals surface area (Å²) in [5.41, 5.74) is 2.48. The molecule has 74 valence electrons. The van der Waals surface area contributed by atoms with Gasteiger partial charge in [0.15, 0.2) is 0 Å². The lowest BCUT2D eigenvalue weighted by Gasteiger charge is -2.07. The monoisotopic (exact) mass is 178 g/mol. The van der Waals surface area contributed by atoms with Crippen LogP contribution in [0.25, 0.3) is 0 Å². The molecule has 0 aliphatic rings. The number of hydrogen-bond acceptors (Lipinski definition) is 0. The molecule has 0 aromatic rings. The first kappa shape index (κ1) is 12.2. The highest BCUT2D eigenvalue weighted by atomic mass is 14.0. The summed E-state index contributed by atoms with van der Waals surface area (Å²) in [6.45, 7) is 14.7. The van der Waals surface area contributed by atoms with Crippen molar-refractivity contribution in [3.8, 4) is 0 Å². The van der Waals surface area contributed by atoms with Gasteiger partial charge in [0.25, 0.3) is 0 Å². The first-order valence-electron chi connectivity index (χ1n) is 4.98. The van der Waals surface area contributed by atoms with E-state index in [4.69, 9.17) is 0 Å². The summed E-state index contributed by atoms with van der Waals surface area (Å²) in [6, 6.07) is 0. The average molecular weight is 178 g/mol. The van der Waals surface area contributed by atoms with Crippen molar-refractivity contribution >= 4 is 0 Å². The van der Waals surface area contributed by atoms with Crippen molar-refractivity contribution in [2.24, 2.45) is 11.8 Å². The van der Waals surface area contributed by atoms with Gasteiger partial charge in [-0.2, -0.15) is 0 Å². The van der Waals surface area contributed by atoms with Gasteiger partial charge in [0.05, 0.1) is 0 Å². The Bertz CT molecular complexity index is 214. The van der Waals surface area contributed by atoms with Crippen LogP contribution in [0.5, 0.6) is 0 Å². The van der Waals surface area contributed by atoms with Crippen LogP contribution in [0.3, 0.4) is 0 Å². The van der Waals surface area contributed by atoms with Crippen LogP contribution in [-0.4, -0.2) is 0 Å². The lowest BCUT2D eigenvalue weighted by atomic mass is 9.99. The van der Waals surface area contributed by atoms with Gasteiger partial charge in [0.1, 0.15) is 0 Å². The lowest BCUT2D eigenvalue weighted by Crippen LogP contribution is -1.91. The van der Waals surface area contributed by atoms with Crippen LogP contribution in [0.1, 0.15) is 34.6 Å². The molecular weight excluding hydrogens is 156 g/mol. The van der Waals surface area contributed by atoms with E-state index in [0.717, 1.165) is 5.57 Å². The highest BCUT2D eigenvalue weighted by molar-refractivity contribution is 5.28. The maximum absolute atomic E-state index is 3.89. The van der Waals surface area contributed by atoms with Gasteiger partial charge < -0.3 is 0 Å². The second-order valence-electron chi connectivity index (χ2n) is 4.25. The van der Waals surface area contributed by atoms with Crippen LogP contribution in [0.2, 0.25) is 0 Å². The molecule has 0 unspecified atom stereocenters. The topological polar surface area (TPSA) is 0 Å². The summed E-state index contributed by atoms with van der Waals surface area (Å²) < 4.78 is 0. The third-order valence-electron chi connectivity index (χ3n) is 1.75. The molecule has 0 bridgehead atoms. The van der Waals surface area contributed by atoms with Crippen LogP contribution in [-0.2, 0) is 0 Å². The van der Waals surface area contributed by atoms with Crippen molar-refractivity contribution in [2.75, 3.05) is 0 Å². The minimum absolute atomic E-state index is 0.576. The fraction of sp³-hybridized carbons (Fsp3) is 0.538. The van der Waals surface area contributed by atoms with Crippen molar-refractivity contribution < 1.29 is 0 Å². The van der Waals surface area contributed by atoms with Crippen LogP contribution in [0.15, 0.2) is 36.0 Å². The van der Waals surface area contributed by atoms with Gasteiger partial charge in [-0.05, 0) is 24.3 Å². The van der Waals surface area contributed by atoms with E-state index in [0.29, 0.717) is 11.8 Å². The van der Waals surface area contributed by atoms with Crippen LogP contribution >= 0.6 is 0 Å². The normalized spacial score (nSPS) is 13.3. The maximum Gasteiger partial charge on any atom is -0.0219 e. The fourth-order valence-electron chi connectivity index (χ4n) is 0.995. The first-order valence-corrected chi connectivity index (χ1v) is 4.98. The number of hydrogen-bond donors (Lipinski definition) is 0. The molecular formula is C13H22. The molecule has 0 amide bonds. The molecule has 0 heteroatoms. The second kappa shape index (κ2) is 5.80. The fourth-order valence-corrected chi connectivity index (χ4v) is 0.995. The van der Waals surface area contributed by atoms with Gasteiger partial charge in [-0.1, -0.05) is 58.1 Å². The van der Waals surface area contributed by atoms with E-state index in [1.807, 2.05) is 6.92 Å². The van der Waals surface area contributed by atoms with Crippen molar-refractivity contribution in [1.29, 1.82) is 0 Å². The highest BCUT2D eigenvalue weighted by Crippen LogP contribution is 2.14. The Labute approximate surface area is 83.0 Å². The summed E-state index contributed by atoms with van der Waals surface area (Å²) >= 11 is 0. The summed E-state index contributed by atoms with van der Waals surface area (Å²) in [5.74, 6) is 1.19. The molecule has 0 N–H and O–H groups in total. The molecule has 0 spiro atoms. The quantitative estimate of drug-likeness (QED) is 0.561. The lowest BCUT2D eigenvalue weighted by molar-refractivity contribution is 0.779. The van der Waals surface area contributed by atoms with Crippen molar-refractivity contribution in [3.63, 3.8) is 0 Å². The largest absolute Gasteiger partial charge is 0.0961 e. The third kappa shape index (κ3) is 6.39. The van der Waals surface area contributed by atoms with Gasteiger partial charge in [-0.15, -0.1) is 0 Å². The zero-order valence-electron chi connectivity index (χ0n) is 9.59. The molecule has 13 heavy (non-hydrogen) atoms. The SMILES string of the molecule is C=C(C)C=C(C=CC(C)C)C(C)C. The minimum Gasteiger partial charge on any atom is -0.0961 e. The molecule has 0 saturated carbocycles. The Morgan fingerprint density at radius 1 is 1.15 bits per heavy atom. The van der Waals surface area contributed by atoms with Gasteiger partial charge in [0, 0.05) is 0 Å². The standard InChI is InChI=1S/C13H22/c1-10(2)7-8-13(12(5)6)9-11(3)4/h7-10,12H,3H2,1-2,4-6H3. The molecule has 0 aromatic carbocycles. The first-order chi connectivity index (χ1) is 5.93. The number of allylic oxidation sites excluding steroid dienone is 5. The predicted molar refractivity (Wildman–Crippen MR) is 61.7 cm³/mol. The Morgan fingerprint density at radius 3 is 2.00 bits per heavy atom. The highest BCUT2D eigenvalue weighted by Gasteiger charge is 1.98. The minimum atomic E-state index is 0.576. The molecule has 0 saturated heterocycles. The van der Waals surface area contributed by atoms with E-state index in [-0.39, 0.29) is 0 Å². The zero-order valence-corrected chi connectivity index (χ0v) is 9.59. The third-order valence-corrected chi connectivity index (χ3v) is 1.75. The Kier molecular flexibility index (Phi) is 5.45. The van der Waals surface area contributed by atoms with Crippen LogP contribution in [0, 0.1) is 11.8 Å². The van der Waals surface area contributed by atoms with E-state index in [1.165, 1.54) is 5.57 Å².